The highest BCUT2D eigenvalue weighted by Gasteiger charge is 2.24. The molecule has 1 atom stereocenters. The highest BCUT2D eigenvalue weighted by atomic mass is 16.5. The Kier molecular flexibility index (Phi) is 5.71. The number of aryl methyl sites for hydroxylation is 1. The Bertz CT molecular complexity index is 1010. The van der Waals surface area contributed by atoms with E-state index in [0.29, 0.717) is 25.4 Å². The standard InChI is InChI=1S/C21H26N6O2/c1-14-11-15(3-4-17(14)29-2)12-18(28)23-9-10-27-21-20(24-7-8-25-21)19(26-27)16-5-6-22-13-16/h3-4,7-8,11,16,22H,5-6,9-10,12-13H2,1-2H3,(H,23,28)/t16-/m1/s1. The van der Waals surface area contributed by atoms with Crippen molar-refractivity contribution in [3.63, 3.8) is 0 Å². The molecule has 2 aromatic heterocycles. The van der Waals surface area contributed by atoms with Gasteiger partial charge in [-0.25, -0.2) is 14.6 Å². The van der Waals surface area contributed by atoms with Crippen LogP contribution in [0, 0.1) is 6.92 Å². The molecule has 29 heavy (non-hydrogen) atoms. The Morgan fingerprint density at radius 1 is 1.34 bits per heavy atom. The van der Waals surface area contributed by atoms with Crippen molar-refractivity contribution in [1.82, 2.24) is 30.4 Å². The lowest BCUT2D eigenvalue weighted by Gasteiger charge is -2.09. The number of fused-ring (bicyclic) bond motifs is 1. The minimum Gasteiger partial charge on any atom is -0.496 e. The number of hydrogen-bond donors (Lipinski definition) is 2. The zero-order chi connectivity index (χ0) is 20.2. The van der Waals surface area contributed by atoms with E-state index in [0.717, 1.165) is 53.2 Å². The van der Waals surface area contributed by atoms with Gasteiger partial charge in [0.05, 0.1) is 25.8 Å². The first kappa shape index (κ1) is 19.3. The summed E-state index contributed by atoms with van der Waals surface area (Å²) >= 11 is 0. The smallest absolute Gasteiger partial charge is 0.224 e. The predicted molar refractivity (Wildman–Crippen MR) is 110 cm³/mol. The van der Waals surface area contributed by atoms with Gasteiger partial charge in [0.1, 0.15) is 11.3 Å². The molecule has 4 rings (SSSR count). The second kappa shape index (κ2) is 8.57. The fraction of sp³-hybridized carbons (Fsp3) is 0.429. The topological polar surface area (TPSA) is 94.0 Å². The normalized spacial score (nSPS) is 16.3. The number of nitrogens with zero attached hydrogens (tertiary/aromatic N) is 4. The van der Waals surface area contributed by atoms with Crippen LogP contribution in [0.4, 0.5) is 0 Å². The summed E-state index contributed by atoms with van der Waals surface area (Å²) in [6, 6.07) is 5.80. The molecular weight excluding hydrogens is 368 g/mol. The summed E-state index contributed by atoms with van der Waals surface area (Å²) in [5.74, 6) is 1.18. The van der Waals surface area contributed by atoms with Gasteiger partial charge < -0.3 is 15.4 Å². The summed E-state index contributed by atoms with van der Waals surface area (Å²) in [6.45, 7) is 4.94. The molecule has 3 heterocycles. The molecule has 3 aromatic rings. The highest BCUT2D eigenvalue weighted by molar-refractivity contribution is 5.78. The summed E-state index contributed by atoms with van der Waals surface area (Å²) in [6.07, 6.45) is 4.78. The van der Waals surface area contributed by atoms with E-state index < -0.39 is 0 Å². The molecule has 8 heteroatoms. The maximum atomic E-state index is 12.3. The van der Waals surface area contributed by atoms with Crippen LogP contribution >= 0.6 is 0 Å². The first-order valence-corrected chi connectivity index (χ1v) is 9.94. The molecule has 1 aliphatic heterocycles. The number of nitrogens with one attached hydrogen (secondary N) is 2. The van der Waals surface area contributed by atoms with Gasteiger partial charge in [-0.2, -0.15) is 5.10 Å². The number of amides is 1. The predicted octanol–water partition coefficient (Wildman–Crippen LogP) is 1.58. The summed E-state index contributed by atoms with van der Waals surface area (Å²) < 4.78 is 7.12. The van der Waals surface area contributed by atoms with Crippen LogP contribution < -0.4 is 15.4 Å². The van der Waals surface area contributed by atoms with E-state index in [-0.39, 0.29) is 5.91 Å². The number of rotatable bonds is 7. The molecule has 0 spiro atoms. The molecule has 1 aliphatic rings. The van der Waals surface area contributed by atoms with Crippen LogP contribution in [0.1, 0.15) is 29.2 Å². The van der Waals surface area contributed by atoms with Gasteiger partial charge in [-0.1, -0.05) is 12.1 Å². The van der Waals surface area contributed by atoms with E-state index in [4.69, 9.17) is 9.84 Å². The average molecular weight is 394 g/mol. The van der Waals surface area contributed by atoms with Crippen LogP contribution in [0.3, 0.4) is 0 Å². The molecule has 1 fully saturated rings. The molecule has 0 bridgehead atoms. The molecular formula is C21H26N6O2. The Labute approximate surface area is 169 Å². The quantitative estimate of drug-likeness (QED) is 0.632. The SMILES string of the molecule is COc1ccc(CC(=O)NCCn2nc([C@@H]3CCNC3)c3nccnc32)cc1C. The van der Waals surface area contributed by atoms with Gasteiger partial charge in [-0.3, -0.25) is 4.79 Å². The second-order valence-electron chi connectivity index (χ2n) is 7.36. The van der Waals surface area contributed by atoms with Crippen LogP contribution in [0.15, 0.2) is 30.6 Å². The number of benzene rings is 1. The largest absolute Gasteiger partial charge is 0.496 e. The number of hydrogen-bond acceptors (Lipinski definition) is 6. The van der Waals surface area contributed by atoms with Crippen LogP contribution in [-0.2, 0) is 17.8 Å². The third kappa shape index (κ3) is 4.22. The fourth-order valence-corrected chi connectivity index (χ4v) is 3.84. The van der Waals surface area contributed by atoms with E-state index in [9.17, 15) is 4.79 Å². The summed E-state index contributed by atoms with van der Waals surface area (Å²) in [7, 11) is 1.65. The molecule has 1 amide bonds. The molecule has 152 valence electrons. The van der Waals surface area contributed by atoms with Gasteiger partial charge in [0, 0.05) is 31.4 Å². The van der Waals surface area contributed by atoms with Crippen molar-refractivity contribution in [2.45, 2.75) is 32.2 Å². The van der Waals surface area contributed by atoms with Crippen molar-refractivity contribution in [2.24, 2.45) is 0 Å². The van der Waals surface area contributed by atoms with Crippen molar-refractivity contribution >= 4 is 17.1 Å². The first-order chi connectivity index (χ1) is 14.2. The van der Waals surface area contributed by atoms with Crippen LogP contribution in [-0.4, -0.2) is 52.4 Å². The summed E-state index contributed by atoms with van der Waals surface area (Å²) in [5, 5.41) is 11.1. The molecule has 2 N–H and O–H groups in total. The van der Waals surface area contributed by atoms with Crippen molar-refractivity contribution in [1.29, 1.82) is 0 Å². The third-order valence-electron chi connectivity index (χ3n) is 5.31. The van der Waals surface area contributed by atoms with E-state index in [1.54, 1.807) is 19.5 Å². The van der Waals surface area contributed by atoms with Gasteiger partial charge >= 0.3 is 0 Å². The molecule has 0 radical (unpaired) electrons. The number of carbonyl (C=O) groups is 1. The maximum absolute atomic E-state index is 12.3. The number of methoxy groups -OCH3 is 1. The summed E-state index contributed by atoms with van der Waals surface area (Å²) in [5.41, 5.74) is 4.62. The first-order valence-electron chi connectivity index (χ1n) is 9.94. The van der Waals surface area contributed by atoms with Gasteiger partial charge in [-0.05, 0) is 37.1 Å². The minimum atomic E-state index is -0.0164. The molecule has 0 saturated carbocycles. The van der Waals surface area contributed by atoms with E-state index in [2.05, 4.69) is 20.6 Å². The van der Waals surface area contributed by atoms with E-state index in [1.165, 1.54) is 0 Å². The lowest BCUT2D eigenvalue weighted by Crippen LogP contribution is -2.29. The zero-order valence-corrected chi connectivity index (χ0v) is 16.8. The Balaban J connectivity index is 1.38. The highest BCUT2D eigenvalue weighted by Crippen LogP contribution is 2.26. The van der Waals surface area contributed by atoms with Crippen molar-refractivity contribution in [3.05, 3.63) is 47.4 Å². The fourth-order valence-electron chi connectivity index (χ4n) is 3.84. The van der Waals surface area contributed by atoms with Gasteiger partial charge in [0.2, 0.25) is 5.91 Å². The Morgan fingerprint density at radius 3 is 2.97 bits per heavy atom. The zero-order valence-electron chi connectivity index (χ0n) is 16.8. The number of aromatic nitrogens is 4. The average Bonchev–Trinajstić information content (AvgIpc) is 3.36. The van der Waals surface area contributed by atoms with Crippen molar-refractivity contribution in [3.8, 4) is 5.75 Å². The lowest BCUT2D eigenvalue weighted by molar-refractivity contribution is -0.120. The van der Waals surface area contributed by atoms with Crippen molar-refractivity contribution < 1.29 is 9.53 Å². The second-order valence-corrected chi connectivity index (χ2v) is 7.36. The van der Waals surface area contributed by atoms with E-state index >= 15 is 0 Å². The molecule has 0 unspecified atom stereocenters. The van der Waals surface area contributed by atoms with Crippen LogP contribution in [0.25, 0.3) is 11.2 Å². The van der Waals surface area contributed by atoms with E-state index in [1.807, 2.05) is 29.8 Å². The minimum absolute atomic E-state index is 0.0164. The molecule has 8 nitrogen and oxygen atoms in total. The number of carbonyl (C=O) groups excluding carboxylic acids is 1. The molecule has 1 saturated heterocycles. The van der Waals surface area contributed by atoms with Crippen LogP contribution in [0.5, 0.6) is 5.75 Å². The van der Waals surface area contributed by atoms with Gasteiger partial charge in [0.25, 0.3) is 0 Å². The molecule has 0 aliphatic carbocycles. The third-order valence-corrected chi connectivity index (χ3v) is 5.31. The molecule has 1 aromatic carbocycles. The van der Waals surface area contributed by atoms with Crippen LogP contribution in [0.2, 0.25) is 0 Å². The monoisotopic (exact) mass is 394 g/mol. The number of ether oxygens (including phenoxy) is 1. The maximum Gasteiger partial charge on any atom is 0.224 e. The van der Waals surface area contributed by atoms with Gasteiger partial charge in [0.15, 0.2) is 5.65 Å². The van der Waals surface area contributed by atoms with Crippen molar-refractivity contribution in [2.75, 3.05) is 26.7 Å². The Morgan fingerprint density at radius 2 is 2.21 bits per heavy atom. The Hall–Kier alpha value is -3.00. The summed E-state index contributed by atoms with van der Waals surface area (Å²) in [4.78, 5) is 21.3. The lowest BCUT2D eigenvalue weighted by atomic mass is 10.0. The van der Waals surface area contributed by atoms with Gasteiger partial charge in [-0.15, -0.1) is 0 Å².